The monoisotopic (exact) mass is 215 g/mol. The molecule has 1 nitrogen and oxygen atoms in total. The molecule has 0 saturated carbocycles. The highest BCUT2D eigenvalue weighted by atomic mass is 32.1. The van der Waals surface area contributed by atoms with E-state index in [4.69, 9.17) is 0 Å². The fraction of sp³-hybridized carbons (Fsp3) is 0.700. The predicted octanol–water partition coefficient (Wildman–Crippen LogP) is 3.30. The van der Waals surface area contributed by atoms with Crippen LogP contribution in [0.5, 0.6) is 0 Å². The Bertz CT molecular complexity index is 260. The average molecular weight is 215 g/mol. The van der Waals surface area contributed by atoms with Crippen molar-refractivity contribution < 1.29 is 0 Å². The molecule has 0 unspecified atom stereocenters. The summed E-state index contributed by atoms with van der Waals surface area (Å²) in [6.45, 7) is 6.60. The molecule has 0 radical (unpaired) electrons. The molecule has 1 rings (SSSR count). The number of hydrogen-bond acceptors (Lipinski definition) is 3. The van der Waals surface area contributed by atoms with Crippen molar-refractivity contribution in [1.29, 1.82) is 0 Å². The Morgan fingerprint density at radius 3 is 2.62 bits per heavy atom. The highest BCUT2D eigenvalue weighted by Gasteiger charge is 2.16. The van der Waals surface area contributed by atoms with Crippen LogP contribution >= 0.6 is 24.0 Å². The van der Waals surface area contributed by atoms with E-state index < -0.39 is 0 Å². The van der Waals surface area contributed by atoms with Gasteiger partial charge in [-0.05, 0) is 12.2 Å². The zero-order valence-electron chi connectivity index (χ0n) is 8.50. The van der Waals surface area contributed by atoms with Crippen LogP contribution in [0.1, 0.15) is 37.9 Å². The van der Waals surface area contributed by atoms with Gasteiger partial charge >= 0.3 is 0 Å². The van der Waals surface area contributed by atoms with Crippen molar-refractivity contribution in [3.63, 3.8) is 0 Å². The largest absolute Gasteiger partial charge is 0.246 e. The number of rotatable bonds is 3. The molecule has 13 heavy (non-hydrogen) atoms. The molecular formula is C10H17NS2. The Kier molecular flexibility index (Phi) is 3.80. The molecule has 0 aromatic carbocycles. The molecule has 0 aliphatic heterocycles. The Morgan fingerprint density at radius 1 is 1.46 bits per heavy atom. The Hall–Kier alpha value is -0.0200. The third kappa shape index (κ3) is 3.31. The van der Waals surface area contributed by atoms with Gasteiger partial charge in [0.1, 0.15) is 0 Å². The van der Waals surface area contributed by atoms with Gasteiger partial charge in [-0.2, -0.15) is 12.6 Å². The van der Waals surface area contributed by atoms with Crippen molar-refractivity contribution in [2.45, 2.75) is 39.0 Å². The summed E-state index contributed by atoms with van der Waals surface area (Å²) in [5, 5.41) is 3.42. The topological polar surface area (TPSA) is 12.9 Å². The van der Waals surface area contributed by atoms with Crippen LogP contribution in [0.25, 0.3) is 0 Å². The number of thiazole rings is 1. The van der Waals surface area contributed by atoms with E-state index in [-0.39, 0.29) is 5.41 Å². The summed E-state index contributed by atoms with van der Waals surface area (Å²) in [5.41, 5.74) is 1.40. The van der Waals surface area contributed by atoms with E-state index >= 15 is 0 Å². The van der Waals surface area contributed by atoms with E-state index in [1.165, 1.54) is 10.7 Å². The van der Waals surface area contributed by atoms with Crippen LogP contribution in [-0.4, -0.2) is 10.7 Å². The normalized spacial score (nSPS) is 12.0. The number of aromatic nitrogens is 1. The predicted molar refractivity (Wildman–Crippen MR) is 63.0 cm³/mol. The molecule has 1 aromatic rings. The molecule has 0 amide bonds. The maximum absolute atomic E-state index is 4.60. The first kappa shape index (κ1) is 11.1. The van der Waals surface area contributed by atoms with Gasteiger partial charge in [0.15, 0.2) is 0 Å². The maximum atomic E-state index is 4.60. The number of aryl methyl sites for hydroxylation is 1. The Morgan fingerprint density at radius 2 is 2.15 bits per heavy atom. The lowest BCUT2D eigenvalue weighted by molar-refractivity contribution is 0.570. The average Bonchev–Trinajstić information content (AvgIpc) is 2.47. The summed E-state index contributed by atoms with van der Waals surface area (Å²) in [5.74, 6) is 0.949. The zero-order valence-corrected chi connectivity index (χ0v) is 10.2. The van der Waals surface area contributed by atoms with Gasteiger partial charge < -0.3 is 0 Å². The van der Waals surface area contributed by atoms with Crippen LogP contribution in [0.3, 0.4) is 0 Å². The lowest BCUT2D eigenvalue weighted by Crippen LogP contribution is -2.11. The highest BCUT2D eigenvalue weighted by Crippen LogP contribution is 2.24. The molecule has 74 valence electrons. The zero-order chi connectivity index (χ0) is 9.90. The van der Waals surface area contributed by atoms with Gasteiger partial charge in [0.25, 0.3) is 0 Å². The molecule has 0 spiro atoms. The Balaban J connectivity index is 2.64. The van der Waals surface area contributed by atoms with E-state index in [0.29, 0.717) is 0 Å². The number of thiol groups is 1. The van der Waals surface area contributed by atoms with E-state index in [1.807, 2.05) is 0 Å². The fourth-order valence-corrected chi connectivity index (χ4v) is 2.23. The number of nitrogens with zero attached hydrogens (tertiary/aromatic N) is 1. The summed E-state index contributed by atoms with van der Waals surface area (Å²) in [7, 11) is 0. The van der Waals surface area contributed by atoms with Crippen molar-refractivity contribution >= 4 is 24.0 Å². The van der Waals surface area contributed by atoms with Crippen molar-refractivity contribution in [3.8, 4) is 0 Å². The molecule has 3 heteroatoms. The first-order valence-electron chi connectivity index (χ1n) is 4.60. The van der Waals surface area contributed by atoms with Crippen LogP contribution in [-0.2, 0) is 11.8 Å². The molecule has 0 saturated heterocycles. The van der Waals surface area contributed by atoms with E-state index in [9.17, 15) is 0 Å². The van der Waals surface area contributed by atoms with Gasteiger partial charge in [0.05, 0.1) is 10.7 Å². The fourth-order valence-electron chi connectivity index (χ4n) is 1.00. The van der Waals surface area contributed by atoms with Gasteiger partial charge in [-0.3, -0.25) is 0 Å². The van der Waals surface area contributed by atoms with Gasteiger partial charge in [-0.1, -0.05) is 20.8 Å². The van der Waals surface area contributed by atoms with Gasteiger partial charge in [-0.15, -0.1) is 11.3 Å². The lowest BCUT2D eigenvalue weighted by atomic mass is 9.93. The van der Waals surface area contributed by atoms with Gasteiger partial charge in [0.2, 0.25) is 0 Å². The third-order valence-electron chi connectivity index (χ3n) is 1.87. The van der Waals surface area contributed by atoms with Gasteiger partial charge in [0, 0.05) is 17.2 Å². The maximum Gasteiger partial charge on any atom is 0.0928 e. The second-order valence-corrected chi connectivity index (χ2v) is 5.59. The summed E-state index contributed by atoms with van der Waals surface area (Å²) >= 11 is 5.96. The first-order valence-corrected chi connectivity index (χ1v) is 6.11. The molecule has 0 aliphatic carbocycles. The molecule has 0 aliphatic rings. The molecule has 1 heterocycles. The van der Waals surface area contributed by atoms with Crippen molar-refractivity contribution in [1.82, 2.24) is 4.98 Å². The number of hydrogen-bond donors (Lipinski definition) is 1. The summed E-state index contributed by atoms with van der Waals surface area (Å²) in [4.78, 5) is 4.60. The molecule has 0 N–H and O–H groups in total. The van der Waals surface area contributed by atoms with Crippen LogP contribution in [0.4, 0.5) is 0 Å². The van der Waals surface area contributed by atoms with Crippen LogP contribution in [0, 0.1) is 0 Å². The Labute approximate surface area is 90.0 Å². The van der Waals surface area contributed by atoms with Crippen molar-refractivity contribution in [3.05, 3.63) is 16.1 Å². The summed E-state index contributed by atoms with van der Waals surface area (Å²) in [6, 6.07) is 0. The molecule has 0 fully saturated rings. The first-order chi connectivity index (χ1) is 6.04. The SMILES string of the molecule is CC(C)(C)c1csc(CCCS)n1. The van der Waals surface area contributed by atoms with Gasteiger partial charge in [-0.25, -0.2) is 4.98 Å². The van der Waals surface area contributed by atoms with E-state index in [0.717, 1.165) is 18.6 Å². The molecule has 0 atom stereocenters. The highest BCUT2D eigenvalue weighted by molar-refractivity contribution is 7.80. The summed E-state index contributed by atoms with van der Waals surface area (Å²) in [6.07, 6.45) is 2.20. The minimum Gasteiger partial charge on any atom is -0.246 e. The van der Waals surface area contributed by atoms with Crippen LogP contribution in [0.15, 0.2) is 5.38 Å². The van der Waals surface area contributed by atoms with Crippen LogP contribution < -0.4 is 0 Å². The molecule has 1 aromatic heterocycles. The second kappa shape index (κ2) is 4.47. The third-order valence-corrected chi connectivity index (χ3v) is 3.09. The van der Waals surface area contributed by atoms with E-state index in [1.54, 1.807) is 11.3 Å². The molecule has 0 bridgehead atoms. The smallest absolute Gasteiger partial charge is 0.0928 e. The second-order valence-electron chi connectivity index (χ2n) is 4.20. The van der Waals surface area contributed by atoms with E-state index in [2.05, 4.69) is 43.8 Å². The van der Waals surface area contributed by atoms with Crippen LogP contribution in [0.2, 0.25) is 0 Å². The van der Waals surface area contributed by atoms with Crippen molar-refractivity contribution in [2.75, 3.05) is 5.75 Å². The quantitative estimate of drug-likeness (QED) is 0.763. The summed E-state index contributed by atoms with van der Waals surface area (Å²) < 4.78 is 0. The van der Waals surface area contributed by atoms with Crippen molar-refractivity contribution in [2.24, 2.45) is 0 Å². The minimum atomic E-state index is 0.190. The molecular weight excluding hydrogens is 198 g/mol. The minimum absolute atomic E-state index is 0.190. The lowest BCUT2D eigenvalue weighted by Gasteiger charge is -2.14. The standard InChI is InChI=1S/C10H17NS2/c1-10(2,3)8-7-13-9(11-8)5-4-6-12/h7,12H,4-6H2,1-3H3.